The molecular weight excluding hydrogens is 385 g/mol. The molecule has 0 saturated heterocycles. The normalized spacial score (nSPS) is 18.5. The summed E-state index contributed by atoms with van der Waals surface area (Å²) < 4.78 is 21.3. The summed E-state index contributed by atoms with van der Waals surface area (Å²) >= 11 is 0. The molecule has 1 aromatic heterocycles. The number of para-hydroxylation sites is 2. The molecule has 1 aliphatic heterocycles. The lowest BCUT2D eigenvalue weighted by atomic mass is 9.89. The summed E-state index contributed by atoms with van der Waals surface area (Å²) in [7, 11) is 0. The van der Waals surface area contributed by atoms with Crippen LogP contribution in [0.4, 0.5) is 10.3 Å². The van der Waals surface area contributed by atoms with Gasteiger partial charge in [0.1, 0.15) is 5.82 Å². The van der Waals surface area contributed by atoms with Gasteiger partial charge in [0.2, 0.25) is 11.9 Å². The average Bonchev–Trinajstić information content (AvgIpc) is 3.11. The number of hydrogen-bond donors (Lipinski definition) is 0. The fourth-order valence-corrected chi connectivity index (χ4v) is 4.07. The summed E-state index contributed by atoms with van der Waals surface area (Å²) in [5.74, 6) is -2.04. The van der Waals surface area contributed by atoms with Crippen molar-refractivity contribution in [2.45, 2.75) is 32.7 Å². The summed E-state index contributed by atoms with van der Waals surface area (Å²) in [4.78, 5) is 32.8. The predicted molar refractivity (Wildman–Crippen MR) is 112 cm³/mol. The van der Waals surface area contributed by atoms with Gasteiger partial charge in [-0.3, -0.25) is 14.5 Å². The number of esters is 1. The Hall–Kier alpha value is -3.22. The molecule has 30 heavy (non-hydrogen) atoms. The summed E-state index contributed by atoms with van der Waals surface area (Å²) in [5, 5.41) is 0. The van der Waals surface area contributed by atoms with Crippen LogP contribution in [0.25, 0.3) is 11.0 Å². The van der Waals surface area contributed by atoms with Gasteiger partial charge in [0.05, 0.1) is 23.7 Å². The van der Waals surface area contributed by atoms with Crippen LogP contribution in [0.5, 0.6) is 0 Å². The maximum absolute atomic E-state index is 14.1. The highest BCUT2D eigenvalue weighted by atomic mass is 19.1. The van der Waals surface area contributed by atoms with Gasteiger partial charge in [0.15, 0.2) is 5.92 Å². The number of ether oxygens (including phenoxy) is 1. The highest BCUT2D eigenvalue weighted by Gasteiger charge is 2.47. The number of hydrogen-bond acceptors (Lipinski definition) is 4. The number of imidazole rings is 1. The number of carbonyl (C=O) groups is 2. The fraction of sp³-hybridized carbons (Fsp3) is 0.348. The van der Waals surface area contributed by atoms with Crippen LogP contribution in [0.15, 0.2) is 48.5 Å². The zero-order chi connectivity index (χ0) is 21.3. The van der Waals surface area contributed by atoms with E-state index < -0.39 is 23.7 Å². The molecule has 4 rings (SSSR count). The third-order valence-corrected chi connectivity index (χ3v) is 5.41. The van der Waals surface area contributed by atoms with Gasteiger partial charge < -0.3 is 9.30 Å². The quantitative estimate of drug-likeness (QED) is 0.454. The largest absolute Gasteiger partial charge is 0.465 e. The van der Waals surface area contributed by atoms with Crippen molar-refractivity contribution in [1.82, 2.24) is 9.55 Å². The highest BCUT2D eigenvalue weighted by Crippen LogP contribution is 2.41. The first kappa shape index (κ1) is 20.1. The van der Waals surface area contributed by atoms with E-state index in [1.165, 1.54) is 12.1 Å². The van der Waals surface area contributed by atoms with Gasteiger partial charge in [-0.05, 0) is 43.2 Å². The van der Waals surface area contributed by atoms with Gasteiger partial charge in [-0.1, -0.05) is 37.6 Å². The Labute approximate surface area is 174 Å². The lowest BCUT2D eigenvalue weighted by Crippen LogP contribution is -2.50. The van der Waals surface area contributed by atoms with E-state index in [0.717, 1.165) is 18.4 Å². The van der Waals surface area contributed by atoms with Crippen LogP contribution >= 0.6 is 0 Å². The highest BCUT2D eigenvalue weighted by molar-refractivity contribution is 6.08. The topological polar surface area (TPSA) is 64.4 Å². The van der Waals surface area contributed by atoms with Gasteiger partial charge >= 0.3 is 5.97 Å². The molecule has 0 radical (unpaired) electrons. The minimum Gasteiger partial charge on any atom is -0.465 e. The second-order valence-corrected chi connectivity index (χ2v) is 7.34. The van der Waals surface area contributed by atoms with Crippen molar-refractivity contribution in [1.29, 1.82) is 0 Å². The molecule has 0 aliphatic carbocycles. The van der Waals surface area contributed by atoms with Crippen LogP contribution in [-0.2, 0) is 14.3 Å². The molecule has 0 spiro atoms. The number of carbonyl (C=O) groups excluding carboxylic acids is 2. The third-order valence-electron chi connectivity index (χ3n) is 5.41. The molecule has 0 fully saturated rings. The van der Waals surface area contributed by atoms with Crippen LogP contribution in [0, 0.1) is 11.7 Å². The van der Waals surface area contributed by atoms with Crippen molar-refractivity contribution >= 4 is 28.9 Å². The van der Waals surface area contributed by atoms with E-state index in [9.17, 15) is 14.0 Å². The maximum Gasteiger partial charge on any atom is 0.321 e. The lowest BCUT2D eigenvalue weighted by Gasteiger charge is -2.38. The Morgan fingerprint density at radius 3 is 2.70 bits per heavy atom. The Morgan fingerprint density at radius 1 is 1.17 bits per heavy atom. The minimum atomic E-state index is -1.12. The lowest BCUT2D eigenvalue weighted by molar-refractivity contribution is -0.153. The first-order valence-electron chi connectivity index (χ1n) is 10.3. The second kappa shape index (κ2) is 8.26. The van der Waals surface area contributed by atoms with Crippen molar-refractivity contribution in [3.63, 3.8) is 0 Å². The molecule has 2 heterocycles. The molecule has 6 nitrogen and oxygen atoms in total. The standard InChI is InChI=1S/C23H24FN3O3/c1-3-5-13-26-21(28)19(22(29)30-4-2)20(15-9-8-10-16(24)14-15)27-18-12-7-6-11-17(18)25-23(26)27/h6-12,14,19-20H,3-5,13H2,1-2H3. The SMILES string of the molecule is CCCCN1C(=O)C(C(=O)OCC)C(c2cccc(F)c2)n2c1nc1ccccc12. The number of aromatic nitrogens is 2. The van der Waals surface area contributed by atoms with Gasteiger partial charge in [-0.2, -0.15) is 0 Å². The van der Waals surface area contributed by atoms with Crippen molar-refractivity contribution in [2.24, 2.45) is 5.92 Å². The fourth-order valence-electron chi connectivity index (χ4n) is 4.07. The van der Waals surface area contributed by atoms with E-state index in [4.69, 9.17) is 9.72 Å². The van der Waals surface area contributed by atoms with Crippen LogP contribution < -0.4 is 4.90 Å². The van der Waals surface area contributed by atoms with Gasteiger partial charge in [-0.25, -0.2) is 9.37 Å². The smallest absolute Gasteiger partial charge is 0.321 e. The number of fused-ring (bicyclic) bond motifs is 3. The Kier molecular flexibility index (Phi) is 5.53. The molecule has 1 amide bonds. The van der Waals surface area contributed by atoms with Crippen LogP contribution in [0.3, 0.4) is 0 Å². The predicted octanol–water partition coefficient (Wildman–Crippen LogP) is 4.09. The molecule has 3 aromatic rings. The van der Waals surface area contributed by atoms with Gasteiger partial charge in [0, 0.05) is 6.54 Å². The molecule has 156 valence electrons. The van der Waals surface area contributed by atoms with Crippen LogP contribution in [0.1, 0.15) is 38.3 Å². The van der Waals surface area contributed by atoms with Crippen molar-refractivity contribution in [3.8, 4) is 0 Å². The number of halogens is 1. The number of rotatable bonds is 6. The first-order valence-corrected chi connectivity index (χ1v) is 10.3. The summed E-state index contributed by atoms with van der Waals surface area (Å²) in [5.41, 5.74) is 2.03. The summed E-state index contributed by atoms with van der Waals surface area (Å²) in [6, 6.07) is 12.8. The summed E-state index contributed by atoms with van der Waals surface area (Å²) in [6.07, 6.45) is 1.66. The number of anilines is 1. The van der Waals surface area contributed by atoms with Crippen molar-refractivity contribution in [2.75, 3.05) is 18.1 Å². The minimum absolute atomic E-state index is 0.158. The Bertz CT molecular complexity index is 1090. The monoisotopic (exact) mass is 409 g/mol. The second-order valence-electron chi connectivity index (χ2n) is 7.34. The maximum atomic E-state index is 14.1. The zero-order valence-corrected chi connectivity index (χ0v) is 17.0. The van der Waals surface area contributed by atoms with E-state index in [0.29, 0.717) is 23.6 Å². The number of benzene rings is 2. The van der Waals surface area contributed by atoms with E-state index in [-0.39, 0.29) is 12.5 Å². The van der Waals surface area contributed by atoms with E-state index in [2.05, 4.69) is 0 Å². The Balaban J connectivity index is 1.98. The molecule has 2 unspecified atom stereocenters. The van der Waals surface area contributed by atoms with E-state index >= 15 is 0 Å². The van der Waals surface area contributed by atoms with Crippen molar-refractivity contribution in [3.05, 3.63) is 59.9 Å². The number of nitrogens with zero attached hydrogens (tertiary/aromatic N) is 3. The molecular formula is C23H24FN3O3. The summed E-state index contributed by atoms with van der Waals surface area (Å²) in [6.45, 7) is 4.35. The molecule has 2 aromatic carbocycles. The van der Waals surface area contributed by atoms with E-state index in [1.54, 1.807) is 24.0 Å². The Morgan fingerprint density at radius 2 is 1.97 bits per heavy atom. The van der Waals surface area contributed by atoms with Crippen LogP contribution in [0.2, 0.25) is 0 Å². The van der Waals surface area contributed by atoms with Crippen LogP contribution in [-0.4, -0.2) is 34.6 Å². The van der Waals surface area contributed by atoms with Gasteiger partial charge in [0.25, 0.3) is 0 Å². The zero-order valence-electron chi connectivity index (χ0n) is 17.0. The first-order chi connectivity index (χ1) is 14.6. The third kappa shape index (κ3) is 3.34. The molecule has 2 atom stereocenters. The molecule has 0 saturated carbocycles. The number of amides is 1. The molecule has 0 bridgehead atoms. The van der Waals surface area contributed by atoms with Gasteiger partial charge in [-0.15, -0.1) is 0 Å². The number of unbranched alkanes of at least 4 members (excludes halogenated alkanes) is 1. The molecule has 7 heteroatoms. The van der Waals surface area contributed by atoms with Crippen molar-refractivity contribution < 1.29 is 18.7 Å². The average molecular weight is 409 g/mol. The molecule has 1 aliphatic rings. The molecule has 0 N–H and O–H groups in total. The van der Waals surface area contributed by atoms with E-state index in [1.807, 2.05) is 35.8 Å².